The van der Waals surface area contributed by atoms with E-state index in [-0.39, 0.29) is 12.5 Å². The molecule has 1 amide bonds. The van der Waals surface area contributed by atoms with Crippen LogP contribution in [0.15, 0.2) is 83.3 Å². The van der Waals surface area contributed by atoms with Gasteiger partial charge in [-0.05, 0) is 66.2 Å². The first-order chi connectivity index (χ1) is 16.6. The molecule has 34 heavy (non-hydrogen) atoms. The van der Waals surface area contributed by atoms with Crippen LogP contribution in [0.5, 0.6) is 5.75 Å². The van der Waals surface area contributed by atoms with E-state index in [1.807, 2.05) is 47.8 Å². The first-order valence-electron chi connectivity index (χ1n) is 10.1. The predicted octanol–water partition coefficient (Wildman–Crippen LogP) is 5.87. The van der Waals surface area contributed by atoms with Crippen molar-refractivity contribution in [3.8, 4) is 23.1 Å². The van der Waals surface area contributed by atoms with Gasteiger partial charge in [-0.1, -0.05) is 23.7 Å². The summed E-state index contributed by atoms with van der Waals surface area (Å²) in [5, 5.41) is 19.2. The summed E-state index contributed by atoms with van der Waals surface area (Å²) in [5.74, 6) is 0.274. The highest BCUT2D eigenvalue weighted by molar-refractivity contribution is 7.14. The van der Waals surface area contributed by atoms with Crippen LogP contribution in [0.3, 0.4) is 0 Å². The summed E-state index contributed by atoms with van der Waals surface area (Å²) in [7, 11) is 0. The van der Waals surface area contributed by atoms with Crippen LogP contribution in [0.1, 0.15) is 15.9 Å². The van der Waals surface area contributed by atoms with Gasteiger partial charge in [0, 0.05) is 27.2 Å². The van der Waals surface area contributed by atoms with Crippen molar-refractivity contribution in [3.05, 3.63) is 94.3 Å². The third-order valence-corrected chi connectivity index (χ3v) is 5.62. The Labute approximate surface area is 205 Å². The second-order valence-electron chi connectivity index (χ2n) is 6.96. The minimum absolute atomic E-state index is 0.00773. The number of benzene rings is 3. The molecule has 7 nitrogen and oxygen atoms in total. The van der Waals surface area contributed by atoms with E-state index in [0.29, 0.717) is 16.3 Å². The highest BCUT2D eigenvalue weighted by Gasteiger charge is 2.08. The summed E-state index contributed by atoms with van der Waals surface area (Å²) in [6.07, 6.45) is 1.53. The van der Waals surface area contributed by atoms with Crippen molar-refractivity contribution in [2.24, 2.45) is 5.10 Å². The van der Waals surface area contributed by atoms with Crippen molar-refractivity contribution in [2.75, 3.05) is 11.9 Å². The second kappa shape index (κ2) is 11.1. The van der Waals surface area contributed by atoms with E-state index in [1.165, 1.54) is 17.6 Å². The number of rotatable bonds is 8. The number of hydrogen-bond donors (Lipinski definition) is 2. The summed E-state index contributed by atoms with van der Waals surface area (Å²) in [5.41, 5.74) is 6.40. The fourth-order valence-electron chi connectivity index (χ4n) is 2.91. The lowest BCUT2D eigenvalue weighted by molar-refractivity contribution is 0.0955. The van der Waals surface area contributed by atoms with Crippen LogP contribution < -0.4 is 15.5 Å². The number of aromatic nitrogens is 1. The molecule has 0 aliphatic heterocycles. The van der Waals surface area contributed by atoms with E-state index in [2.05, 4.69) is 20.8 Å². The molecule has 168 valence electrons. The molecule has 2 N–H and O–H groups in total. The van der Waals surface area contributed by atoms with Gasteiger partial charge in [0.1, 0.15) is 11.8 Å². The number of hydrogen-bond acceptors (Lipinski definition) is 7. The lowest BCUT2D eigenvalue weighted by atomic mass is 10.1. The summed E-state index contributed by atoms with van der Waals surface area (Å²) < 4.78 is 5.20. The van der Waals surface area contributed by atoms with Gasteiger partial charge in [-0.2, -0.15) is 10.4 Å². The van der Waals surface area contributed by atoms with Gasteiger partial charge in [0.2, 0.25) is 0 Å². The number of nitriles is 1. The summed E-state index contributed by atoms with van der Waals surface area (Å²) >= 11 is 7.41. The van der Waals surface area contributed by atoms with Crippen LogP contribution in [0.25, 0.3) is 11.3 Å². The first-order valence-corrected chi connectivity index (χ1v) is 11.4. The Balaban J connectivity index is 1.33. The standard InChI is InChI=1S/C25H18ClN5O2S/c26-20-7-9-21(10-8-20)29-25-30-23(16-34-25)18-3-5-19(6-4-18)24(32)31-28-15-17-1-11-22(12-2-17)33-14-13-27/h1-12,15-16H,14H2,(H,29,30)(H,31,32)/b28-15-. The van der Waals surface area contributed by atoms with E-state index >= 15 is 0 Å². The smallest absolute Gasteiger partial charge is 0.271 e. The molecule has 0 aliphatic rings. The van der Waals surface area contributed by atoms with Gasteiger partial charge >= 0.3 is 0 Å². The minimum Gasteiger partial charge on any atom is -0.479 e. The van der Waals surface area contributed by atoms with Crippen molar-refractivity contribution in [1.82, 2.24) is 10.4 Å². The molecule has 0 fully saturated rings. The molecular weight excluding hydrogens is 470 g/mol. The van der Waals surface area contributed by atoms with Crippen LogP contribution in [0.4, 0.5) is 10.8 Å². The van der Waals surface area contributed by atoms with E-state index < -0.39 is 0 Å². The summed E-state index contributed by atoms with van der Waals surface area (Å²) in [4.78, 5) is 17.0. The maximum absolute atomic E-state index is 12.4. The zero-order valence-electron chi connectivity index (χ0n) is 17.7. The number of amides is 1. The van der Waals surface area contributed by atoms with Crippen LogP contribution in [-0.4, -0.2) is 23.7 Å². The molecule has 4 rings (SSSR count). The van der Waals surface area contributed by atoms with E-state index in [0.717, 1.165) is 27.6 Å². The third kappa shape index (κ3) is 6.19. The van der Waals surface area contributed by atoms with E-state index in [1.54, 1.807) is 36.4 Å². The molecule has 0 saturated heterocycles. The van der Waals surface area contributed by atoms with Gasteiger partial charge in [0.15, 0.2) is 11.7 Å². The fraction of sp³-hybridized carbons (Fsp3) is 0.0400. The number of nitrogens with one attached hydrogen (secondary N) is 2. The van der Waals surface area contributed by atoms with Gasteiger partial charge < -0.3 is 10.1 Å². The Bertz CT molecular complexity index is 1330. The SMILES string of the molecule is N#CCOc1ccc(/C=N\NC(=O)c2ccc(-c3csc(Nc4ccc(Cl)cc4)n3)cc2)cc1. The third-order valence-electron chi connectivity index (χ3n) is 4.61. The van der Waals surface area contributed by atoms with Gasteiger partial charge in [-0.15, -0.1) is 11.3 Å². The molecular formula is C25H18ClN5O2S. The molecule has 9 heteroatoms. The Kier molecular flexibility index (Phi) is 7.50. The largest absolute Gasteiger partial charge is 0.479 e. The molecule has 0 spiro atoms. The average Bonchev–Trinajstić information content (AvgIpc) is 3.33. The summed E-state index contributed by atoms with van der Waals surface area (Å²) in [6.45, 7) is -0.00773. The van der Waals surface area contributed by atoms with E-state index in [4.69, 9.17) is 21.6 Å². The molecule has 1 heterocycles. The number of thiazole rings is 1. The van der Waals surface area contributed by atoms with Crippen molar-refractivity contribution in [3.63, 3.8) is 0 Å². The number of anilines is 2. The lowest BCUT2D eigenvalue weighted by Crippen LogP contribution is -2.17. The molecule has 0 aliphatic carbocycles. The van der Waals surface area contributed by atoms with Crippen LogP contribution >= 0.6 is 22.9 Å². The first kappa shape index (κ1) is 23.0. The van der Waals surface area contributed by atoms with Gasteiger partial charge in [-0.3, -0.25) is 4.79 Å². The number of ether oxygens (including phenoxy) is 1. The van der Waals surface area contributed by atoms with Crippen LogP contribution in [-0.2, 0) is 0 Å². The monoisotopic (exact) mass is 487 g/mol. The normalized spacial score (nSPS) is 10.6. The number of carbonyl (C=O) groups excluding carboxylic acids is 1. The maximum Gasteiger partial charge on any atom is 0.271 e. The zero-order chi connectivity index (χ0) is 23.8. The minimum atomic E-state index is -0.319. The molecule has 3 aromatic carbocycles. The molecule has 0 atom stereocenters. The highest BCUT2D eigenvalue weighted by Crippen LogP contribution is 2.27. The number of carbonyl (C=O) groups is 1. The van der Waals surface area contributed by atoms with Gasteiger partial charge in [-0.25, -0.2) is 10.4 Å². The lowest BCUT2D eigenvalue weighted by Gasteiger charge is -2.03. The highest BCUT2D eigenvalue weighted by atomic mass is 35.5. The van der Waals surface area contributed by atoms with Crippen LogP contribution in [0, 0.1) is 11.3 Å². The Morgan fingerprint density at radius 1 is 1.09 bits per heavy atom. The molecule has 0 radical (unpaired) electrons. The van der Waals surface area contributed by atoms with Crippen molar-refractivity contribution >= 4 is 45.9 Å². The quantitative estimate of drug-likeness (QED) is 0.239. The topological polar surface area (TPSA) is 99.4 Å². The number of halogens is 1. The van der Waals surface area contributed by atoms with Crippen molar-refractivity contribution < 1.29 is 9.53 Å². The van der Waals surface area contributed by atoms with Crippen molar-refractivity contribution in [1.29, 1.82) is 5.26 Å². The Morgan fingerprint density at radius 3 is 2.53 bits per heavy atom. The number of hydrazone groups is 1. The van der Waals surface area contributed by atoms with Gasteiger partial charge in [0.25, 0.3) is 5.91 Å². The molecule has 1 aromatic heterocycles. The average molecular weight is 488 g/mol. The van der Waals surface area contributed by atoms with Gasteiger partial charge in [0.05, 0.1) is 11.9 Å². The fourth-order valence-corrected chi connectivity index (χ4v) is 3.77. The molecule has 0 saturated carbocycles. The zero-order valence-corrected chi connectivity index (χ0v) is 19.3. The Morgan fingerprint density at radius 2 is 1.82 bits per heavy atom. The van der Waals surface area contributed by atoms with E-state index in [9.17, 15) is 4.79 Å². The maximum atomic E-state index is 12.4. The van der Waals surface area contributed by atoms with Crippen molar-refractivity contribution in [2.45, 2.75) is 0 Å². The predicted molar refractivity (Wildman–Crippen MR) is 135 cm³/mol. The van der Waals surface area contributed by atoms with Crippen LogP contribution in [0.2, 0.25) is 5.02 Å². The summed E-state index contributed by atoms with van der Waals surface area (Å²) in [6, 6.07) is 23.5. The Hall–Kier alpha value is -4.19. The molecule has 0 unspecified atom stereocenters. The molecule has 0 bridgehead atoms. The second-order valence-corrected chi connectivity index (χ2v) is 8.26. The number of nitrogens with zero attached hydrogens (tertiary/aromatic N) is 3. The molecule has 4 aromatic rings.